The number of rotatable bonds is 2. The minimum atomic E-state index is 0.0656. The van der Waals surface area contributed by atoms with E-state index in [2.05, 4.69) is 17.3 Å². The average Bonchev–Trinajstić information content (AvgIpc) is 2.74. The van der Waals surface area contributed by atoms with E-state index >= 15 is 0 Å². The quantitative estimate of drug-likeness (QED) is 0.766. The van der Waals surface area contributed by atoms with Gasteiger partial charge in [-0.2, -0.15) is 0 Å². The average molecular weight is 241 g/mol. The summed E-state index contributed by atoms with van der Waals surface area (Å²) in [7, 11) is 2.10. The Balaban J connectivity index is 1.70. The molecule has 0 radical (unpaired) electrons. The van der Waals surface area contributed by atoms with Crippen molar-refractivity contribution in [2.24, 2.45) is 0 Å². The Morgan fingerprint density at radius 2 is 2.18 bits per heavy atom. The van der Waals surface area contributed by atoms with Crippen LogP contribution >= 0.6 is 0 Å². The molecule has 2 fully saturated rings. The fraction of sp³-hybridized carbons (Fsp3) is 0.917. The van der Waals surface area contributed by atoms with Crippen LogP contribution in [0.4, 0.5) is 4.79 Å². The summed E-state index contributed by atoms with van der Waals surface area (Å²) in [6.45, 7) is 5.23. The highest BCUT2D eigenvalue weighted by atomic mass is 16.5. The maximum Gasteiger partial charge on any atom is 0.317 e. The lowest BCUT2D eigenvalue weighted by Crippen LogP contribution is -2.44. The van der Waals surface area contributed by atoms with Crippen LogP contribution < -0.4 is 5.32 Å². The normalized spacial score (nSPS) is 26.9. The van der Waals surface area contributed by atoms with Crippen LogP contribution in [0.2, 0.25) is 0 Å². The Morgan fingerprint density at radius 3 is 2.94 bits per heavy atom. The molecule has 17 heavy (non-hydrogen) atoms. The van der Waals surface area contributed by atoms with Crippen molar-refractivity contribution in [3.63, 3.8) is 0 Å². The smallest absolute Gasteiger partial charge is 0.317 e. The Kier molecular flexibility index (Phi) is 4.62. The summed E-state index contributed by atoms with van der Waals surface area (Å²) in [6, 6.07) is 0.0656. The van der Waals surface area contributed by atoms with Crippen molar-refractivity contribution in [2.75, 3.05) is 46.4 Å². The van der Waals surface area contributed by atoms with Crippen LogP contribution in [0, 0.1) is 0 Å². The lowest BCUT2D eigenvalue weighted by molar-refractivity contribution is 0.109. The number of urea groups is 1. The number of ether oxygens (including phenoxy) is 1. The van der Waals surface area contributed by atoms with Gasteiger partial charge in [-0.15, -0.1) is 0 Å². The molecule has 0 aliphatic carbocycles. The van der Waals surface area contributed by atoms with Crippen molar-refractivity contribution in [1.82, 2.24) is 15.1 Å². The topological polar surface area (TPSA) is 44.8 Å². The Morgan fingerprint density at radius 1 is 1.29 bits per heavy atom. The van der Waals surface area contributed by atoms with Crippen LogP contribution in [0.25, 0.3) is 0 Å². The van der Waals surface area contributed by atoms with E-state index in [9.17, 15) is 4.79 Å². The molecule has 2 aliphatic rings. The van der Waals surface area contributed by atoms with Gasteiger partial charge in [0.05, 0.1) is 6.10 Å². The molecule has 0 spiro atoms. The van der Waals surface area contributed by atoms with E-state index in [4.69, 9.17) is 4.74 Å². The third kappa shape index (κ3) is 3.85. The highest BCUT2D eigenvalue weighted by molar-refractivity contribution is 5.74. The van der Waals surface area contributed by atoms with E-state index in [1.165, 1.54) is 0 Å². The van der Waals surface area contributed by atoms with E-state index in [1.807, 2.05) is 4.90 Å². The minimum absolute atomic E-state index is 0.0656. The summed E-state index contributed by atoms with van der Waals surface area (Å²) >= 11 is 0. The zero-order valence-electron chi connectivity index (χ0n) is 10.7. The molecular formula is C12H23N3O2. The predicted octanol–water partition coefficient (Wildman–Crippen LogP) is 0.513. The first-order chi connectivity index (χ1) is 8.25. The van der Waals surface area contributed by atoms with Crippen molar-refractivity contribution in [3.05, 3.63) is 0 Å². The van der Waals surface area contributed by atoms with Gasteiger partial charge < -0.3 is 19.9 Å². The van der Waals surface area contributed by atoms with Crippen molar-refractivity contribution < 1.29 is 9.53 Å². The molecule has 0 unspecified atom stereocenters. The molecule has 0 saturated carbocycles. The summed E-state index contributed by atoms with van der Waals surface area (Å²) < 4.78 is 5.49. The second kappa shape index (κ2) is 6.21. The molecule has 5 nitrogen and oxygen atoms in total. The molecule has 98 valence electrons. The fourth-order valence-electron chi connectivity index (χ4n) is 2.37. The molecule has 5 heteroatoms. The molecule has 0 aromatic rings. The maximum atomic E-state index is 12.0. The number of carbonyl (C=O) groups excluding carboxylic acids is 1. The summed E-state index contributed by atoms with van der Waals surface area (Å²) in [5.74, 6) is 0. The third-order valence-electron chi connectivity index (χ3n) is 3.51. The second-order valence-electron chi connectivity index (χ2n) is 4.96. The number of amides is 2. The van der Waals surface area contributed by atoms with Crippen LogP contribution in [0.1, 0.15) is 19.3 Å². The highest BCUT2D eigenvalue weighted by Gasteiger charge is 2.20. The first-order valence-corrected chi connectivity index (χ1v) is 6.58. The van der Waals surface area contributed by atoms with Crippen molar-refractivity contribution >= 4 is 6.03 Å². The van der Waals surface area contributed by atoms with E-state index in [1.54, 1.807) is 0 Å². The number of hydrogen-bond acceptors (Lipinski definition) is 3. The van der Waals surface area contributed by atoms with Gasteiger partial charge in [-0.3, -0.25) is 0 Å². The van der Waals surface area contributed by atoms with Crippen LogP contribution in [0.3, 0.4) is 0 Å². The summed E-state index contributed by atoms with van der Waals surface area (Å²) in [6.07, 6.45) is 3.48. The maximum absolute atomic E-state index is 12.0. The number of nitrogens with zero attached hydrogens (tertiary/aromatic N) is 2. The van der Waals surface area contributed by atoms with E-state index < -0.39 is 0 Å². The lowest BCUT2D eigenvalue weighted by atomic mass is 10.2. The molecule has 2 rings (SSSR count). The molecule has 0 aromatic heterocycles. The summed E-state index contributed by atoms with van der Waals surface area (Å²) in [5.41, 5.74) is 0. The molecule has 0 bridgehead atoms. The van der Waals surface area contributed by atoms with Crippen LogP contribution in [0.5, 0.6) is 0 Å². The van der Waals surface area contributed by atoms with Crippen molar-refractivity contribution in [1.29, 1.82) is 0 Å². The Bertz CT molecular complexity index is 254. The van der Waals surface area contributed by atoms with Gasteiger partial charge in [0.15, 0.2) is 0 Å². The van der Waals surface area contributed by atoms with Gasteiger partial charge in [0, 0.05) is 32.8 Å². The van der Waals surface area contributed by atoms with Crippen molar-refractivity contribution in [3.8, 4) is 0 Å². The monoisotopic (exact) mass is 241 g/mol. The van der Waals surface area contributed by atoms with E-state index in [0.29, 0.717) is 6.54 Å². The van der Waals surface area contributed by atoms with Gasteiger partial charge in [-0.1, -0.05) is 0 Å². The molecule has 2 amide bonds. The second-order valence-corrected chi connectivity index (χ2v) is 4.96. The summed E-state index contributed by atoms with van der Waals surface area (Å²) in [4.78, 5) is 16.1. The van der Waals surface area contributed by atoms with Gasteiger partial charge in [-0.25, -0.2) is 4.79 Å². The van der Waals surface area contributed by atoms with Gasteiger partial charge in [0.25, 0.3) is 0 Å². The zero-order chi connectivity index (χ0) is 12.1. The lowest BCUT2D eigenvalue weighted by Gasteiger charge is -2.22. The molecule has 2 heterocycles. The third-order valence-corrected chi connectivity index (χ3v) is 3.51. The summed E-state index contributed by atoms with van der Waals surface area (Å²) in [5, 5.41) is 2.98. The number of nitrogens with one attached hydrogen (secondary N) is 1. The molecule has 2 aliphatic heterocycles. The molecular weight excluding hydrogens is 218 g/mol. The number of likely N-dealkylation sites (N-methyl/N-ethyl adjacent to an activating group) is 1. The predicted molar refractivity (Wildman–Crippen MR) is 66.1 cm³/mol. The zero-order valence-corrected chi connectivity index (χ0v) is 10.7. The Labute approximate surface area is 103 Å². The SMILES string of the molecule is CN1CCCN(C(=O)NC[C@@H]2CCCO2)CC1. The van der Waals surface area contributed by atoms with Crippen LogP contribution in [-0.2, 0) is 4.74 Å². The van der Waals surface area contributed by atoms with Gasteiger partial charge in [-0.05, 0) is 32.9 Å². The fourth-order valence-corrected chi connectivity index (χ4v) is 2.37. The molecule has 0 aromatic carbocycles. The van der Waals surface area contributed by atoms with Gasteiger partial charge in [0.1, 0.15) is 0 Å². The first kappa shape index (κ1) is 12.6. The Hall–Kier alpha value is -0.810. The van der Waals surface area contributed by atoms with Gasteiger partial charge in [0.2, 0.25) is 0 Å². The highest BCUT2D eigenvalue weighted by Crippen LogP contribution is 2.10. The minimum Gasteiger partial charge on any atom is -0.376 e. The van der Waals surface area contributed by atoms with Gasteiger partial charge >= 0.3 is 6.03 Å². The van der Waals surface area contributed by atoms with E-state index in [0.717, 1.165) is 52.0 Å². The van der Waals surface area contributed by atoms with Crippen molar-refractivity contribution in [2.45, 2.75) is 25.4 Å². The first-order valence-electron chi connectivity index (χ1n) is 6.58. The molecule has 2 saturated heterocycles. The number of carbonyl (C=O) groups is 1. The molecule has 1 atom stereocenters. The standard InChI is InChI=1S/C12H23N3O2/c1-14-5-3-6-15(8-7-14)12(16)13-10-11-4-2-9-17-11/h11H,2-10H2,1H3,(H,13,16)/t11-/m0/s1. The van der Waals surface area contributed by atoms with Crippen LogP contribution in [-0.4, -0.2) is 68.3 Å². The van der Waals surface area contributed by atoms with Crippen LogP contribution in [0.15, 0.2) is 0 Å². The van der Waals surface area contributed by atoms with E-state index in [-0.39, 0.29) is 12.1 Å². The number of hydrogen-bond donors (Lipinski definition) is 1. The largest absolute Gasteiger partial charge is 0.376 e. The molecule has 1 N–H and O–H groups in total.